The molecule has 1 saturated carbocycles. The van der Waals surface area contributed by atoms with Gasteiger partial charge in [0.1, 0.15) is 0 Å². The third-order valence-corrected chi connectivity index (χ3v) is 4.08. The maximum Gasteiger partial charge on any atom is 0.379 e. The minimum atomic E-state index is -3.67. The van der Waals surface area contributed by atoms with Crippen molar-refractivity contribution in [2.75, 3.05) is 12.4 Å². The van der Waals surface area contributed by atoms with E-state index in [1.165, 1.54) is 38.2 Å². The molecule has 8 heteroatoms. The number of alkyl halides is 3. The average molecular weight is 386 g/mol. The first-order chi connectivity index (χ1) is 12.9. The number of pyridine rings is 1. The molecule has 0 unspecified atom stereocenters. The Kier molecular flexibility index (Phi) is 10.2. The Balaban J connectivity index is 0.000000828. The first kappa shape index (κ1) is 22.7. The molecule has 0 saturated heterocycles. The SMILES string of the molecule is C=CC(=O)Nc1cc(/C=C/C2CCCCC2)c(OC)nc1CO.FC(F)F. The van der Waals surface area contributed by atoms with Crippen LogP contribution in [0.3, 0.4) is 0 Å². The van der Waals surface area contributed by atoms with E-state index in [9.17, 15) is 23.1 Å². The van der Waals surface area contributed by atoms with Gasteiger partial charge in [0, 0.05) is 5.56 Å². The number of rotatable bonds is 6. The molecule has 5 nitrogen and oxygen atoms in total. The first-order valence-electron chi connectivity index (χ1n) is 8.63. The summed E-state index contributed by atoms with van der Waals surface area (Å²) in [4.78, 5) is 15.8. The van der Waals surface area contributed by atoms with Crippen LogP contribution in [-0.2, 0) is 11.4 Å². The zero-order valence-corrected chi connectivity index (χ0v) is 15.3. The first-order valence-corrected chi connectivity index (χ1v) is 8.63. The Labute approximate surface area is 156 Å². The molecule has 0 radical (unpaired) electrons. The number of hydrogen-bond acceptors (Lipinski definition) is 4. The summed E-state index contributed by atoms with van der Waals surface area (Å²) in [6.07, 6.45) is 11.6. The van der Waals surface area contributed by atoms with Crippen LogP contribution < -0.4 is 10.1 Å². The standard InChI is InChI=1S/C18H24N2O3.CHF3/c1-3-17(22)19-15-11-14(18(23-2)20-16(15)12-21)10-9-13-7-5-4-6-8-13;2-1(3)4/h3,9-11,13,21H,1,4-8,12H2,2H3,(H,19,22);1H/b10-9+;. The fraction of sp³-hybridized carbons (Fsp3) is 0.474. The molecule has 27 heavy (non-hydrogen) atoms. The van der Waals surface area contributed by atoms with E-state index in [4.69, 9.17) is 4.74 Å². The lowest BCUT2D eigenvalue weighted by Gasteiger charge is -2.18. The molecule has 1 aliphatic carbocycles. The second-order valence-electron chi connectivity index (χ2n) is 5.94. The molecule has 0 aromatic carbocycles. The maximum atomic E-state index is 11.5. The second kappa shape index (κ2) is 12.1. The number of allylic oxidation sites excluding steroid dienone is 1. The molecule has 0 spiro atoms. The Morgan fingerprint density at radius 2 is 2.04 bits per heavy atom. The fourth-order valence-electron chi connectivity index (χ4n) is 2.81. The van der Waals surface area contributed by atoms with Gasteiger partial charge in [0.15, 0.2) is 0 Å². The van der Waals surface area contributed by atoms with Crippen molar-refractivity contribution < 1.29 is 27.8 Å². The van der Waals surface area contributed by atoms with Gasteiger partial charge in [-0.25, -0.2) is 4.98 Å². The van der Waals surface area contributed by atoms with Crippen LogP contribution in [0.2, 0.25) is 0 Å². The Morgan fingerprint density at radius 3 is 2.56 bits per heavy atom. The van der Waals surface area contributed by atoms with Gasteiger partial charge in [-0.2, -0.15) is 13.2 Å². The van der Waals surface area contributed by atoms with Crippen molar-refractivity contribution in [1.29, 1.82) is 0 Å². The number of methoxy groups -OCH3 is 1. The summed E-state index contributed by atoms with van der Waals surface area (Å²) in [5.41, 5.74) is 1.63. The topological polar surface area (TPSA) is 71.5 Å². The third-order valence-electron chi connectivity index (χ3n) is 4.08. The van der Waals surface area contributed by atoms with Crippen LogP contribution in [0, 0.1) is 5.92 Å². The monoisotopic (exact) mass is 386 g/mol. The van der Waals surface area contributed by atoms with Crippen LogP contribution in [0.15, 0.2) is 24.8 Å². The van der Waals surface area contributed by atoms with E-state index in [1.54, 1.807) is 13.2 Å². The number of aromatic nitrogens is 1. The van der Waals surface area contributed by atoms with E-state index in [-0.39, 0.29) is 12.5 Å². The summed E-state index contributed by atoms with van der Waals surface area (Å²) in [7, 11) is 1.55. The number of ether oxygens (including phenoxy) is 1. The third kappa shape index (κ3) is 8.25. The molecule has 1 amide bonds. The van der Waals surface area contributed by atoms with E-state index >= 15 is 0 Å². The van der Waals surface area contributed by atoms with Gasteiger partial charge in [-0.3, -0.25) is 4.79 Å². The smallest absolute Gasteiger partial charge is 0.379 e. The van der Waals surface area contributed by atoms with E-state index in [0.29, 0.717) is 23.2 Å². The van der Waals surface area contributed by atoms with E-state index in [1.807, 2.05) is 6.08 Å². The molecule has 1 heterocycles. The van der Waals surface area contributed by atoms with Gasteiger partial charge in [0.25, 0.3) is 0 Å². The molecule has 0 bridgehead atoms. The molecule has 1 fully saturated rings. The number of carbonyl (C=O) groups is 1. The zero-order valence-electron chi connectivity index (χ0n) is 15.3. The summed E-state index contributed by atoms with van der Waals surface area (Å²) >= 11 is 0. The molecule has 0 atom stereocenters. The summed E-state index contributed by atoms with van der Waals surface area (Å²) in [6.45, 7) is -0.516. The molecule has 2 N–H and O–H groups in total. The quantitative estimate of drug-likeness (QED) is 0.707. The Hall–Kier alpha value is -2.35. The maximum absolute atomic E-state index is 11.5. The summed E-state index contributed by atoms with van der Waals surface area (Å²) in [6, 6.07) is 1.78. The number of nitrogens with zero attached hydrogens (tertiary/aromatic N) is 1. The highest BCUT2D eigenvalue weighted by Gasteiger charge is 2.14. The lowest BCUT2D eigenvalue weighted by molar-refractivity contribution is -0.111. The van der Waals surface area contributed by atoms with Crippen LogP contribution >= 0.6 is 0 Å². The molecule has 2 rings (SSSR count). The highest BCUT2D eigenvalue weighted by Crippen LogP contribution is 2.28. The lowest BCUT2D eigenvalue weighted by Crippen LogP contribution is -2.11. The number of halogens is 3. The van der Waals surface area contributed by atoms with E-state index < -0.39 is 6.68 Å². The molecule has 1 aliphatic rings. The number of carbonyl (C=O) groups excluding carboxylic acids is 1. The van der Waals surface area contributed by atoms with Gasteiger partial charge in [-0.05, 0) is 30.9 Å². The van der Waals surface area contributed by atoms with E-state index in [2.05, 4.69) is 23.0 Å². The zero-order chi connectivity index (χ0) is 20.2. The fourth-order valence-corrected chi connectivity index (χ4v) is 2.81. The van der Waals surface area contributed by atoms with Gasteiger partial charge in [-0.15, -0.1) is 0 Å². The normalized spacial score (nSPS) is 14.6. The highest BCUT2D eigenvalue weighted by atomic mass is 19.4. The predicted molar refractivity (Wildman–Crippen MR) is 98.3 cm³/mol. The van der Waals surface area contributed by atoms with Crippen molar-refractivity contribution >= 4 is 17.7 Å². The summed E-state index contributed by atoms with van der Waals surface area (Å²) in [5.74, 6) is 0.684. The van der Waals surface area contributed by atoms with Crippen LogP contribution in [0.4, 0.5) is 18.9 Å². The Morgan fingerprint density at radius 1 is 1.41 bits per heavy atom. The average Bonchev–Trinajstić information content (AvgIpc) is 2.66. The highest BCUT2D eigenvalue weighted by molar-refractivity contribution is 5.99. The number of anilines is 1. The van der Waals surface area contributed by atoms with Gasteiger partial charge in [0.05, 0.1) is 25.1 Å². The van der Waals surface area contributed by atoms with Crippen molar-refractivity contribution in [3.8, 4) is 5.88 Å². The molecule has 0 aliphatic heterocycles. The molecular formula is C19H25F3N2O3. The van der Waals surface area contributed by atoms with Crippen molar-refractivity contribution in [2.45, 2.75) is 45.4 Å². The summed E-state index contributed by atoms with van der Waals surface area (Å²) in [5, 5.41) is 12.1. The minimum Gasteiger partial charge on any atom is -0.481 e. The van der Waals surface area contributed by atoms with Gasteiger partial charge < -0.3 is 15.2 Å². The molecular weight excluding hydrogens is 361 g/mol. The molecule has 1 aromatic heterocycles. The van der Waals surface area contributed by atoms with Crippen molar-refractivity contribution in [3.05, 3.63) is 36.1 Å². The van der Waals surface area contributed by atoms with Gasteiger partial charge in [0.2, 0.25) is 11.8 Å². The number of hydrogen-bond donors (Lipinski definition) is 2. The lowest BCUT2D eigenvalue weighted by atomic mass is 9.89. The van der Waals surface area contributed by atoms with Crippen molar-refractivity contribution in [2.24, 2.45) is 5.92 Å². The minimum absolute atomic E-state index is 0.282. The van der Waals surface area contributed by atoms with Crippen LogP contribution in [0.25, 0.3) is 6.08 Å². The number of aliphatic hydroxyl groups is 1. The van der Waals surface area contributed by atoms with Crippen molar-refractivity contribution in [1.82, 2.24) is 4.98 Å². The summed E-state index contributed by atoms with van der Waals surface area (Å²) < 4.78 is 34.3. The largest absolute Gasteiger partial charge is 0.481 e. The molecule has 1 aromatic rings. The van der Waals surface area contributed by atoms with Gasteiger partial charge >= 0.3 is 6.68 Å². The van der Waals surface area contributed by atoms with Crippen LogP contribution in [0.1, 0.15) is 43.4 Å². The number of nitrogens with one attached hydrogen (secondary N) is 1. The number of amides is 1. The Bertz CT molecular complexity index is 643. The second-order valence-corrected chi connectivity index (χ2v) is 5.94. The number of aliphatic hydroxyl groups excluding tert-OH is 1. The van der Waals surface area contributed by atoms with E-state index in [0.717, 1.165) is 5.56 Å². The van der Waals surface area contributed by atoms with Crippen LogP contribution in [0.5, 0.6) is 5.88 Å². The van der Waals surface area contributed by atoms with Gasteiger partial charge in [-0.1, -0.05) is 38.0 Å². The van der Waals surface area contributed by atoms with Crippen LogP contribution in [-0.4, -0.2) is 29.8 Å². The molecule has 150 valence electrons. The predicted octanol–water partition coefficient (Wildman–Crippen LogP) is 4.48. The van der Waals surface area contributed by atoms with Crippen molar-refractivity contribution in [3.63, 3.8) is 0 Å².